The fraction of sp³-hybridized carbons (Fsp3) is 0.652. The Bertz CT molecular complexity index is 726. The molecule has 166 valence electrons. The van der Waals surface area contributed by atoms with Gasteiger partial charge in [0.2, 0.25) is 0 Å². The highest BCUT2D eigenvalue weighted by Gasteiger charge is 2.65. The van der Waals surface area contributed by atoms with Crippen molar-refractivity contribution in [3.8, 4) is 5.75 Å². The number of hydrogen-bond acceptors (Lipinski definition) is 7. The topological polar surface area (TPSA) is 80.3 Å². The Morgan fingerprint density at radius 1 is 1.03 bits per heavy atom. The lowest BCUT2D eigenvalue weighted by molar-refractivity contribution is -0.334. The largest absolute Gasteiger partial charge is 0.497 e. The zero-order valence-corrected chi connectivity index (χ0v) is 18.3. The molecule has 7 nitrogen and oxygen atoms in total. The lowest BCUT2D eigenvalue weighted by atomic mass is 9.64. The van der Waals surface area contributed by atoms with Gasteiger partial charge in [-0.1, -0.05) is 18.6 Å². The van der Waals surface area contributed by atoms with E-state index in [9.17, 15) is 9.59 Å². The highest BCUT2D eigenvalue weighted by molar-refractivity contribution is 6.01. The monoisotopic (exact) mass is 420 g/mol. The number of ether oxygens (including phenoxy) is 5. The quantitative estimate of drug-likeness (QED) is 0.490. The first-order valence-corrected chi connectivity index (χ1v) is 10.7. The molecule has 3 rings (SSSR count). The van der Waals surface area contributed by atoms with Gasteiger partial charge in [-0.15, -0.1) is 0 Å². The van der Waals surface area contributed by atoms with E-state index in [1.165, 1.54) is 0 Å². The van der Waals surface area contributed by atoms with Crippen LogP contribution in [0.2, 0.25) is 0 Å². The third-order valence-corrected chi connectivity index (χ3v) is 6.33. The maximum absolute atomic E-state index is 13.3. The molecule has 0 bridgehead atoms. The van der Waals surface area contributed by atoms with Crippen LogP contribution in [0, 0.1) is 11.3 Å². The van der Waals surface area contributed by atoms with Gasteiger partial charge in [-0.05, 0) is 50.8 Å². The van der Waals surface area contributed by atoms with Gasteiger partial charge in [-0.2, -0.15) is 0 Å². The van der Waals surface area contributed by atoms with E-state index >= 15 is 0 Å². The fourth-order valence-electron chi connectivity index (χ4n) is 4.83. The van der Waals surface area contributed by atoms with Gasteiger partial charge in [0.05, 0.1) is 20.3 Å². The van der Waals surface area contributed by atoms with Crippen LogP contribution < -0.4 is 4.74 Å². The SMILES string of the molecule is CCOC(=O)C1(C(=O)OCC)C[C@@H]2CCCC[C@@]2(OC)O[C@H]1c1ccc(OC)cc1. The van der Waals surface area contributed by atoms with Crippen LogP contribution in [0.25, 0.3) is 0 Å². The first-order chi connectivity index (χ1) is 14.5. The minimum Gasteiger partial charge on any atom is -0.497 e. The molecule has 1 saturated heterocycles. The van der Waals surface area contributed by atoms with Crippen LogP contribution in [0.15, 0.2) is 24.3 Å². The molecule has 2 fully saturated rings. The standard InChI is InChI=1S/C23H32O7/c1-5-28-20(24)22(21(25)29-6-2)15-17-9-7-8-14-23(17,27-4)30-19(22)16-10-12-18(26-3)13-11-16/h10-13,17,19H,5-9,14-15H2,1-4H3/t17-,19-,23+/m0/s1. The average molecular weight is 421 g/mol. The second kappa shape index (κ2) is 9.35. The zero-order chi connectivity index (χ0) is 21.8. The summed E-state index contributed by atoms with van der Waals surface area (Å²) in [7, 11) is 3.21. The predicted molar refractivity (Wildman–Crippen MR) is 109 cm³/mol. The third kappa shape index (κ3) is 3.81. The molecule has 0 N–H and O–H groups in total. The Hall–Kier alpha value is -2.12. The lowest BCUT2D eigenvalue weighted by Gasteiger charge is -2.54. The molecule has 0 unspecified atom stereocenters. The van der Waals surface area contributed by atoms with Crippen molar-refractivity contribution in [3.05, 3.63) is 29.8 Å². The Morgan fingerprint density at radius 2 is 1.67 bits per heavy atom. The zero-order valence-electron chi connectivity index (χ0n) is 18.3. The van der Waals surface area contributed by atoms with E-state index in [4.69, 9.17) is 23.7 Å². The minimum atomic E-state index is -1.59. The number of benzene rings is 1. The molecule has 1 saturated carbocycles. The lowest BCUT2D eigenvalue weighted by Crippen LogP contribution is -2.60. The first kappa shape index (κ1) is 22.6. The van der Waals surface area contributed by atoms with Gasteiger partial charge in [0.15, 0.2) is 11.2 Å². The summed E-state index contributed by atoms with van der Waals surface area (Å²) in [6.07, 6.45) is 2.84. The third-order valence-electron chi connectivity index (χ3n) is 6.33. The van der Waals surface area contributed by atoms with E-state index in [0.717, 1.165) is 19.3 Å². The van der Waals surface area contributed by atoms with Gasteiger partial charge in [-0.25, -0.2) is 0 Å². The van der Waals surface area contributed by atoms with Crippen molar-refractivity contribution in [2.24, 2.45) is 11.3 Å². The molecule has 0 amide bonds. The van der Waals surface area contributed by atoms with Crippen molar-refractivity contribution < 1.29 is 33.3 Å². The van der Waals surface area contributed by atoms with Gasteiger partial charge in [-0.3, -0.25) is 9.59 Å². The number of hydrogen-bond donors (Lipinski definition) is 0. The molecule has 0 aromatic heterocycles. The van der Waals surface area contributed by atoms with E-state index in [1.54, 1.807) is 40.2 Å². The number of fused-ring (bicyclic) bond motifs is 1. The summed E-state index contributed by atoms with van der Waals surface area (Å²) in [6, 6.07) is 7.19. The molecule has 2 aliphatic rings. The van der Waals surface area contributed by atoms with Crippen molar-refractivity contribution in [1.29, 1.82) is 0 Å². The molecule has 1 aromatic carbocycles. The summed E-state index contributed by atoms with van der Waals surface area (Å²) in [5.74, 6) is -1.51. The summed E-state index contributed by atoms with van der Waals surface area (Å²) >= 11 is 0. The summed E-state index contributed by atoms with van der Waals surface area (Å²) in [6.45, 7) is 3.77. The van der Waals surface area contributed by atoms with Crippen LogP contribution in [0.3, 0.4) is 0 Å². The molecule has 1 aromatic rings. The van der Waals surface area contributed by atoms with Crippen LogP contribution in [-0.2, 0) is 28.5 Å². The Morgan fingerprint density at radius 3 is 2.20 bits per heavy atom. The van der Waals surface area contributed by atoms with E-state index in [1.807, 2.05) is 12.1 Å². The molecule has 1 aliphatic heterocycles. The Kier molecular flexibility index (Phi) is 7.03. The van der Waals surface area contributed by atoms with Gasteiger partial charge in [0, 0.05) is 19.4 Å². The highest BCUT2D eigenvalue weighted by Crippen LogP contribution is 2.57. The molecular weight excluding hydrogens is 388 g/mol. The highest BCUT2D eigenvalue weighted by atomic mass is 16.7. The summed E-state index contributed by atoms with van der Waals surface area (Å²) in [5, 5.41) is 0. The van der Waals surface area contributed by atoms with E-state index in [-0.39, 0.29) is 25.6 Å². The van der Waals surface area contributed by atoms with Crippen LogP contribution in [0.5, 0.6) is 5.75 Å². The molecular formula is C23H32O7. The Labute approximate surface area is 178 Å². The predicted octanol–water partition coefficient (Wildman–Crippen LogP) is 3.80. The smallest absolute Gasteiger partial charge is 0.326 e. The Balaban J connectivity index is 2.15. The van der Waals surface area contributed by atoms with Crippen molar-refractivity contribution in [3.63, 3.8) is 0 Å². The van der Waals surface area contributed by atoms with Crippen molar-refractivity contribution in [1.82, 2.24) is 0 Å². The van der Waals surface area contributed by atoms with Gasteiger partial charge >= 0.3 is 11.9 Å². The number of rotatable bonds is 7. The van der Waals surface area contributed by atoms with Crippen LogP contribution in [0.4, 0.5) is 0 Å². The van der Waals surface area contributed by atoms with Gasteiger partial charge < -0.3 is 23.7 Å². The summed E-state index contributed by atoms with van der Waals surface area (Å²) in [5.41, 5.74) is -0.915. The number of esters is 2. The second-order valence-corrected chi connectivity index (χ2v) is 7.85. The maximum atomic E-state index is 13.3. The molecule has 1 heterocycles. The van der Waals surface area contributed by atoms with Crippen molar-refractivity contribution >= 4 is 11.9 Å². The molecule has 1 aliphatic carbocycles. The number of methoxy groups -OCH3 is 2. The van der Waals surface area contributed by atoms with Gasteiger partial charge in [0.25, 0.3) is 0 Å². The van der Waals surface area contributed by atoms with Crippen molar-refractivity contribution in [2.45, 2.75) is 57.8 Å². The molecule has 0 radical (unpaired) electrons. The maximum Gasteiger partial charge on any atom is 0.326 e. The molecule has 0 spiro atoms. The molecule has 7 heteroatoms. The van der Waals surface area contributed by atoms with Crippen molar-refractivity contribution in [2.75, 3.05) is 27.4 Å². The normalized spacial score (nSPS) is 27.6. The molecule has 3 atom stereocenters. The van der Waals surface area contributed by atoms with Crippen LogP contribution >= 0.6 is 0 Å². The molecule has 30 heavy (non-hydrogen) atoms. The first-order valence-electron chi connectivity index (χ1n) is 10.7. The van der Waals surface area contributed by atoms with E-state index in [0.29, 0.717) is 17.7 Å². The second-order valence-electron chi connectivity index (χ2n) is 7.85. The summed E-state index contributed by atoms with van der Waals surface area (Å²) < 4.78 is 28.6. The number of carbonyl (C=O) groups is 2. The van der Waals surface area contributed by atoms with Gasteiger partial charge in [0.1, 0.15) is 11.9 Å². The van der Waals surface area contributed by atoms with Crippen LogP contribution in [-0.4, -0.2) is 45.2 Å². The van der Waals surface area contributed by atoms with Crippen LogP contribution in [0.1, 0.15) is 57.6 Å². The minimum absolute atomic E-state index is 0.112. The van der Waals surface area contributed by atoms with E-state index in [2.05, 4.69) is 0 Å². The number of carbonyl (C=O) groups excluding carboxylic acids is 2. The average Bonchev–Trinajstić information content (AvgIpc) is 2.78. The van der Waals surface area contributed by atoms with E-state index < -0.39 is 29.2 Å². The summed E-state index contributed by atoms with van der Waals surface area (Å²) in [4.78, 5) is 26.7. The fourth-order valence-corrected chi connectivity index (χ4v) is 4.83.